The molecule has 2 aromatic heterocycles. The van der Waals surface area contributed by atoms with Gasteiger partial charge < -0.3 is 5.32 Å². The molecule has 0 bridgehead atoms. The second-order valence-corrected chi connectivity index (χ2v) is 7.60. The van der Waals surface area contributed by atoms with E-state index >= 15 is 0 Å². The molecular formula is C16H16BrN5OS. The summed E-state index contributed by atoms with van der Waals surface area (Å²) in [6.07, 6.45) is 0. The summed E-state index contributed by atoms with van der Waals surface area (Å²) < 4.78 is 2.83. The average Bonchev–Trinajstić information content (AvgIpc) is 2.92. The van der Waals surface area contributed by atoms with Crippen molar-refractivity contribution in [1.29, 1.82) is 0 Å². The Kier molecular flexibility index (Phi) is 4.86. The lowest BCUT2D eigenvalue weighted by Crippen LogP contribution is -2.22. The molecule has 3 rings (SSSR count). The maximum atomic E-state index is 12.4. The van der Waals surface area contributed by atoms with Crippen molar-refractivity contribution in [3.8, 4) is 0 Å². The highest BCUT2D eigenvalue weighted by atomic mass is 79.9. The van der Waals surface area contributed by atoms with Gasteiger partial charge in [-0.2, -0.15) is 0 Å². The molecule has 1 unspecified atom stereocenters. The number of nitrogens with zero attached hydrogens (tertiary/aromatic N) is 4. The number of benzene rings is 1. The van der Waals surface area contributed by atoms with Crippen molar-refractivity contribution >= 4 is 44.9 Å². The summed E-state index contributed by atoms with van der Waals surface area (Å²) in [5, 5.41) is 11.6. The third-order valence-corrected chi connectivity index (χ3v) is 4.99. The summed E-state index contributed by atoms with van der Waals surface area (Å²) in [5.41, 5.74) is 2.39. The number of fused-ring (bicyclic) bond motifs is 1. The molecule has 2 heterocycles. The SMILES string of the molecule is Cc1cc2nnc(SC(C)C(=O)Nc3ccc(Br)cc3)n2c(C)n1. The Morgan fingerprint density at radius 3 is 2.67 bits per heavy atom. The smallest absolute Gasteiger partial charge is 0.237 e. The minimum atomic E-state index is -0.318. The number of hydrogen-bond acceptors (Lipinski definition) is 5. The standard InChI is InChI=1S/C16H16BrN5OS/c1-9-8-14-20-21-16(22(14)11(3)18-9)24-10(2)15(23)19-13-6-4-12(17)5-7-13/h4-8,10H,1-3H3,(H,19,23). The molecule has 1 amide bonds. The van der Waals surface area contributed by atoms with Crippen LogP contribution in [0.4, 0.5) is 5.69 Å². The Morgan fingerprint density at radius 1 is 1.25 bits per heavy atom. The van der Waals surface area contributed by atoms with Crippen LogP contribution in [0.1, 0.15) is 18.4 Å². The Balaban J connectivity index is 1.76. The van der Waals surface area contributed by atoms with Crippen LogP contribution in [0.2, 0.25) is 0 Å². The maximum absolute atomic E-state index is 12.4. The maximum Gasteiger partial charge on any atom is 0.237 e. The number of anilines is 1. The highest BCUT2D eigenvalue weighted by Crippen LogP contribution is 2.24. The van der Waals surface area contributed by atoms with Crippen LogP contribution >= 0.6 is 27.7 Å². The molecule has 1 atom stereocenters. The molecule has 0 radical (unpaired) electrons. The predicted octanol–water partition coefficient (Wildman–Crippen LogP) is 3.62. The Morgan fingerprint density at radius 2 is 1.96 bits per heavy atom. The van der Waals surface area contributed by atoms with Crippen LogP contribution in [0.15, 0.2) is 40.0 Å². The molecule has 0 saturated heterocycles. The number of carbonyl (C=O) groups excluding carboxylic acids is 1. The average molecular weight is 406 g/mol. The highest BCUT2D eigenvalue weighted by Gasteiger charge is 2.19. The van der Waals surface area contributed by atoms with Gasteiger partial charge in [-0.1, -0.05) is 27.7 Å². The van der Waals surface area contributed by atoms with Crippen molar-refractivity contribution in [2.24, 2.45) is 0 Å². The number of hydrogen-bond donors (Lipinski definition) is 1. The normalized spacial score (nSPS) is 12.3. The van der Waals surface area contributed by atoms with E-state index in [4.69, 9.17) is 0 Å². The van der Waals surface area contributed by atoms with E-state index in [1.54, 1.807) is 0 Å². The molecule has 0 spiro atoms. The summed E-state index contributed by atoms with van der Waals surface area (Å²) in [6, 6.07) is 9.34. The zero-order chi connectivity index (χ0) is 17.3. The first-order chi connectivity index (χ1) is 11.4. The van der Waals surface area contributed by atoms with Crippen LogP contribution in [0.25, 0.3) is 5.65 Å². The number of amides is 1. The Labute approximate surface area is 152 Å². The van der Waals surface area contributed by atoms with E-state index in [2.05, 4.69) is 36.4 Å². The van der Waals surface area contributed by atoms with Gasteiger partial charge in [0.05, 0.1) is 5.25 Å². The number of rotatable bonds is 4. The van der Waals surface area contributed by atoms with Gasteiger partial charge in [-0.15, -0.1) is 10.2 Å². The van der Waals surface area contributed by atoms with Crippen LogP contribution < -0.4 is 5.32 Å². The van der Waals surface area contributed by atoms with E-state index in [-0.39, 0.29) is 11.2 Å². The lowest BCUT2D eigenvalue weighted by Gasteiger charge is -2.11. The van der Waals surface area contributed by atoms with E-state index in [9.17, 15) is 4.79 Å². The molecule has 1 N–H and O–H groups in total. The Bertz CT molecular complexity index is 893. The summed E-state index contributed by atoms with van der Waals surface area (Å²) in [6.45, 7) is 5.67. The minimum absolute atomic E-state index is 0.0863. The fraction of sp³-hybridized carbons (Fsp3) is 0.250. The van der Waals surface area contributed by atoms with Crippen LogP contribution in [-0.4, -0.2) is 30.7 Å². The fourth-order valence-corrected chi connectivity index (χ4v) is 3.43. The molecule has 1 aromatic carbocycles. The quantitative estimate of drug-likeness (QED) is 0.670. The lowest BCUT2D eigenvalue weighted by molar-refractivity contribution is -0.115. The van der Waals surface area contributed by atoms with Crippen molar-refractivity contribution < 1.29 is 4.79 Å². The molecule has 0 fully saturated rings. The van der Waals surface area contributed by atoms with Crippen LogP contribution in [0.3, 0.4) is 0 Å². The first-order valence-electron chi connectivity index (χ1n) is 7.36. The van der Waals surface area contributed by atoms with Gasteiger partial charge in [0.15, 0.2) is 10.8 Å². The first-order valence-corrected chi connectivity index (χ1v) is 9.04. The summed E-state index contributed by atoms with van der Waals surface area (Å²) in [7, 11) is 0. The number of halogens is 1. The zero-order valence-corrected chi connectivity index (χ0v) is 15.8. The van der Waals surface area contributed by atoms with Crippen molar-refractivity contribution in [3.63, 3.8) is 0 Å². The topological polar surface area (TPSA) is 72.2 Å². The van der Waals surface area contributed by atoms with Crippen molar-refractivity contribution in [1.82, 2.24) is 19.6 Å². The van der Waals surface area contributed by atoms with Crippen LogP contribution in [-0.2, 0) is 4.79 Å². The summed E-state index contributed by atoms with van der Waals surface area (Å²) >= 11 is 4.73. The second kappa shape index (κ2) is 6.90. The number of carbonyl (C=O) groups is 1. The molecule has 0 aliphatic heterocycles. The van der Waals surface area contributed by atoms with E-state index in [1.807, 2.05) is 55.5 Å². The second-order valence-electron chi connectivity index (χ2n) is 5.38. The van der Waals surface area contributed by atoms with Gasteiger partial charge in [-0.3, -0.25) is 9.20 Å². The summed E-state index contributed by atoms with van der Waals surface area (Å²) in [5.74, 6) is 0.717. The third-order valence-electron chi connectivity index (χ3n) is 3.42. The van der Waals surface area contributed by atoms with Crippen molar-refractivity contribution in [2.75, 3.05) is 5.32 Å². The molecule has 3 aromatic rings. The lowest BCUT2D eigenvalue weighted by atomic mass is 10.3. The molecule has 0 aliphatic rings. The first kappa shape index (κ1) is 16.9. The van der Waals surface area contributed by atoms with Gasteiger partial charge in [0, 0.05) is 21.9 Å². The Hall–Kier alpha value is -1.93. The number of aryl methyl sites for hydroxylation is 2. The number of aromatic nitrogens is 4. The fourth-order valence-electron chi connectivity index (χ4n) is 2.27. The third kappa shape index (κ3) is 3.59. The van der Waals surface area contributed by atoms with Crippen LogP contribution in [0, 0.1) is 13.8 Å². The highest BCUT2D eigenvalue weighted by molar-refractivity contribution is 9.10. The molecule has 24 heavy (non-hydrogen) atoms. The van der Waals surface area contributed by atoms with Crippen molar-refractivity contribution in [3.05, 3.63) is 46.3 Å². The number of nitrogens with one attached hydrogen (secondary N) is 1. The molecule has 8 heteroatoms. The molecule has 0 aliphatic carbocycles. The van der Waals surface area contributed by atoms with Gasteiger partial charge in [0.2, 0.25) is 5.91 Å². The van der Waals surface area contributed by atoms with E-state index in [0.717, 1.165) is 27.3 Å². The van der Waals surface area contributed by atoms with E-state index < -0.39 is 0 Å². The summed E-state index contributed by atoms with van der Waals surface area (Å²) in [4.78, 5) is 16.8. The monoisotopic (exact) mass is 405 g/mol. The van der Waals surface area contributed by atoms with E-state index in [1.165, 1.54) is 11.8 Å². The van der Waals surface area contributed by atoms with Crippen molar-refractivity contribution in [2.45, 2.75) is 31.2 Å². The van der Waals surface area contributed by atoms with Gasteiger partial charge in [-0.25, -0.2) is 4.98 Å². The minimum Gasteiger partial charge on any atom is -0.325 e. The molecule has 124 valence electrons. The number of thioether (sulfide) groups is 1. The zero-order valence-electron chi connectivity index (χ0n) is 13.4. The molecule has 0 saturated carbocycles. The van der Waals surface area contributed by atoms with Gasteiger partial charge in [-0.05, 0) is 45.0 Å². The van der Waals surface area contributed by atoms with Gasteiger partial charge in [0.1, 0.15) is 5.82 Å². The molecule has 6 nitrogen and oxygen atoms in total. The van der Waals surface area contributed by atoms with Crippen LogP contribution in [0.5, 0.6) is 0 Å². The molecular weight excluding hydrogens is 390 g/mol. The van der Waals surface area contributed by atoms with Gasteiger partial charge >= 0.3 is 0 Å². The predicted molar refractivity (Wildman–Crippen MR) is 98.3 cm³/mol. The van der Waals surface area contributed by atoms with E-state index in [0.29, 0.717) is 5.16 Å². The van der Waals surface area contributed by atoms with Gasteiger partial charge in [0.25, 0.3) is 0 Å². The largest absolute Gasteiger partial charge is 0.325 e.